The summed E-state index contributed by atoms with van der Waals surface area (Å²) in [5.41, 5.74) is 2.88. The van der Waals surface area contributed by atoms with E-state index in [9.17, 15) is 0 Å². The molecule has 4 bridgehead atoms. The average Bonchev–Trinajstić information content (AvgIpc) is 3.04. The monoisotopic (exact) mass is 396 g/mol. The highest BCUT2D eigenvalue weighted by Gasteiger charge is 2.70. The Morgan fingerprint density at radius 3 is 1.28 bits per heavy atom. The summed E-state index contributed by atoms with van der Waals surface area (Å²) in [7, 11) is 0. The van der Waals surface area contributed by atoms with Gasteiger partial charge in [-0.1, -0.05) is 81.9 Å². The molecule has 0 aliphatic heterocycles. The van der Waals surface area contributed by atoms with Crippen molar-refractivity contribution in [2.24, 2.45) is 56.2 Å². The Kier molecular flexibility index (Phi) is 4.54. The second-order valence-corrected chi connectivity index (χ2v) is 14.7. The molecular formula is C28H49B. The standard InChI is InChI=1S/C28H49B/c1-12-29(17-21-23(2,3)19-13-15-27(21,10)25(19,6)7)18-22-24(4,5)20-14-16-28(22,11)26(20,8)9/h12,19-22H,1,13-18H2,2-11H3. The molecule has 164 valence electrons. The van der Waals surface area contributed by atoms with Crippen LogP contribution in [0.1, 0.15) is 94.9 Å². The summed E-state index contributed by atoms with van der Waals surface area (Å²) in [6, 6.07) is 0. The van der Waals surface area contributed by atoms with Crippen molar-refractivity contribution in [3.05, 3.63) is 12.6 Å². The van der Waals surface area contributed by atoms with E-state index in [-0.39, 0.29) is 0 Å². The van der Waals surface area contributed by atoms with Crippen LogP contribution >= 0.6 is 0 Å². The van der Waals surface area contributed by atoms with Crippen LogP contribution in [0.15, 0.2) is 12.6 Å². The number of hydrogen-bond acceptors (Lipinski definition) is 0. The molecule has 0 nitrogen and oxygen atoms in total. The summed E-state index contributed by atoms with van der Waals surface area (Å²) in [5.74, 6) is 5.77. The summed E-state index contributed by atoms with van der Waals surface area (Å²) in [4.78, 5) is 0. The van der Waals surface area contributed by atoms with E-state index in [1.165, 1.54) is 38.3 Å². The van der Waals surface area contributed by atoms with Crippen molar-refractivity contribution < 1.29 is 0 Å². The molecule has 0 amide bonds. The molecule has 0 aromatic carbocycles. The fourth-order valence-corrected chi connectivity index (χ4v) is 11.1. The van der Waals surface area contributed by atoms with E-state index < -0.39 is 0 Å². The van der Waals surface area contributed by atoms with Gasteiger partial charge in [-0.25, -0.2) is 0 Å². The number of rotatable bonds is 5. The van der Waals surface area contributed by atoms with Crippen LogP contribution in [0.5, 0.6) is 0 Å². The van der Waals surface area contributed by atoms with Crippen molar-refractivity contribution in [2.45, 2.75) is 108 Å². The molecule has 0 N–H and O–H groups in total. The van der Waals surface area contributed by atoms with Crippen LogP contribution in [0.3, 0.4) is 0 Å². The molecule has 6 atom stereocenters. The average molecular weight is 397 g/mol. The molecule has 4 rings (SSSR count). The van der Waals surface area contributed by atoms with Crippen molar-refractivity contribution in [2.75, 3.05) is 0 Å². The minimum absolute atomic E-state index is 0.463. The third-order valence-electron chi connectivity index (χ3n) is 13.1. The van der Waals surface area contributed by atoms with Gasteiger partial charge in [-0.3, -0.25) is 0 Å². The highest BCUT2D eigenvalue weighted by atomic mass is 14.7. The zero-order valence-corrected chi connectivity index (χ0v) is 21.4. The maximum atomic E-state index is 4.38. The van der Waals surface area contributed by atoms with Gasteiger partial charge in [0.2, 0.25) is 0 Å². The van der Waals surface area contributed by atoms with E-state index in [0.29, 0.717) is 39.2 Å². The fraction of sp³-hybridized carbons (Fsp3) is 0.929. The molecule has 0 radical (unpaired) electrons. The summed E-state index contributed by atoms with van der Waals surface area (Å²) >= 11 is 0. The van der Waals surface area contributed by atoms with Crippen LogP contribution in [0.2, 0.25) is 12.6 Å². The maximum Gasteiger partial charge on any atom is 0.166 e. The molecule has 4 aliphatic rings. The molecule has 6 unspecified atom stereocenters. The zero-order chi connectivity index (χ0) is 21.8. The molecule has 0 aromatic heterocycles. The normalized spacial score (nSPS) is 47.5. The topological polar surface area (TPSA) is 0 Å². The van der Waals surface area contributed by atoms with Gasteiger partial charge in [-0.05, 0) is 81.8 Å². The molecular weight excluding hydrogens is 347 g/mol. The van der Waals surface area contributed by atoms with Gasteiger partial charge in [0.05, 0.1) is 0 Å². The van der Waals surface area contributed by atoms with Crippen molar-refractivity contribution >= 4 is 6.71 Å². The van der Waals surface area contributed by atoms with Crippen molar-refractivity contribution in [3.63, 3.8) is 0 Å². The first-order valence-electron chi connectivity index (χ1n) is 12.7. The van der Waals surface area contributed by atoms with Gasteiger partial charge in [0, 0.05) is 0 Å². The largest absolute Gasteiger partial charge is 0.166 e. The lowest BCUT2D eigenvalue weighted by molar-refractivity contribution is 0.0723. The molecule has 4 aliphatic carbocycles. The maximum absolute atomic E-state index is 4.38. The van der Waals surface area contributed by atoms with Crippen LogP contribution in [0, 0.1) is 56.2 Å². The van der Waals surface area contributed by atoms with Gasteiger partial charge >= 0.3 is 0 Å². The lowest BCUT2D eigenvalue weighted by Crippen LogP contribution is -2.42. The lowest BCUT2D eigenvalue weighted by Gasteiger charge is -2.47. The summed E-state index contributed by atoms with van der Waals surface area (Å²) in [6.45, 7) is 31.0. The third kappa shape index (κ3) is 2.40. The second-order valence-electron chi connectivity index (χ2n) is 14.7. The SMILES string of the molecule is C=CB(CC1C(C)(C)C2CCC1(C)C2(C)C)CC1C(C)(C)C2CCC1(C)C2(C)C. The molecule has 4 fully saturated rings. The van der Waals surface area contributed by atoms with Crippen LogP contribution in [0.4, 0.5) is 0 Å². The highest BCUT2D eigenvalue weighted by molar-refractivity contribution is 6.64. The summed E-state index contributed by atoms with van der Waals surface area (Å²) in [5, 5.41) is 0. The minimum Gasteiger partial charge on any atom is -0.122 e. The van der Waals surface area contributed by atoms with Crippen molar-refractivity contribution in [3.8, 4) is 0 Å². The molecule has 0 aromatic rings. The molecule has 29 heavy (non-hydrogen) atoms. The van der Waals surface area contributed by atoms with E-state index in [2.05, 4.69) is 81.8 Å². The van der Waals surface area contributed by atoms with Gasteiger partial charge in [-0.15, -0.1) is 12.6 Å². The van der Waals surface area contributed by atoms with Crippen LogP contribution in [-0.2, 0) is 0 Å². The predicted octanol–water partition coefficient (Wildman–Crippen LogP) is 8.40. The fourth-order valence-electron chi connectivity index (χ4n) is 11.1. The Hall–Kier alpha value is -0.195. The Balaban J connectivity index is 1.60. The van der Waals surface area contributed by atoms with Gasteiger partial charge in [0.25, 0.3) is 0 Å². The molecule has 4 saturated carbocycles. The summed E-state index contributed by atoms with van der Waals surface area (Å²) in [6.07, 6.45) is 8.47. The van der Waals surface area contributed by atoms with Crippen LogP contribution in [-0.4, -0.2) is 6.71 Å². The number of fused-ring (bicyclic) bond motifs is 4. The Morgan fingerprint density at radius 2 is 1.03 bits per heavy atom. The van der Waals surface area contributed by atoms with E-state index in [1.807, 2.05) is 0 Å². The van der Waals surface area contributed by atoms with Crippen LogP contribution < -0.4 is 0 Å². The minimum atomic E-state index is 0.463. The number of hydrogen-bond donors (Lipinski definition) is 0. The first kappa shape index (κ1) is 22.0. The molecule has 0 spiro atoms. The first-order valence-corrected chi connectivity index (χ1v) is 12.7. The lowest BCUT2D eigenvalue weighted by atomic mass is 9.35. The van der Waals surface area contributed by atoms with Crippen molar-refractivity contribution in [1.29, 1.82) is 0 Å². The first-order chi connectivity index (χ1) is 13.1. The summed E-state index contributed by atoms with van der Waals surface area (Å²) < 4.78 is 0. The van der Waals surface area contributed by atoms with Crippen LogP contribution in [0.25, 0.3) is 0 Å². The van der Waals surface area contributed by atoms with Gasteiger partial charge in [0.15, 0.2) is 6.71 Å². The highest BCUT2D eigenvalue weighted by Crippen LogP contribution is 2.77. The predicted molar refractivity (Wildman–Crippen MR) is 129 cm³/mol. The smallest absolute Gasteiger partial charge is 0.122 e. The van der Waals surface area contributed by atoms with Crippen molar-refractivity contribution in [1.82, 2.24) is 0 Å². The molecule has 0 heterocycles. The molecule has 0 saturated heterocycles. The van der Waals surface area contributed by atoms with E-state index in [4.69, 9.17) is 0 Å². The van der Waals surface area contributed by atoms with E-state index in [0.717, 1.165) is 23.7 Å². The Labute approximate surface area is 183 Å². The zero-order valence-electron chi connectivity index (χ0n) is 21.4. The Bertz CT molecular complexity index is 641. The van der Waals surface area contributed by atoms with E-state index >= 15 is 0 Å². The quantitative estimate of drug-likeness (QED) is 0.409. The second kappa shape index (κ2) is 5.98. The molecule has 1 heteroatoms. The third-order valence-corrected chi connectivity index (χ3v) is 13.1. The van der Waals surface area contributed by atoms with Gasteiger partial charge < -0.3 is 0 Å². The Morgan fingerprint density at radius 1 is 0.690 bits per heavy atom. The van der Waals surface area contributed by atoms with Gasteiger partial charge in [-0.2, -0.15) is 0 Å². The van der Waals surface area contributed by atoms with Gasteiger partial charge in [0.1, 0.15) is 0 Å². The van der Waals surface area contributed by atoms with E-state index in [1.54, 1.807) is 0 Å².